The van der Waals surface area contributed by atoms with Gasteiger partial charge in [0.1, 0.15) is 5.76 Å². The molecule has 0 radical (unpaired) electrons. The summed E-state index contributed by atoms with van der Waals surface area (Å²) in [5.74, 6) is 1.81. The molecule has 0 atom stereocenters. The molecule has 5 heteroatoms. The highest BCUT2D eigenvalue weighted by Crippen LogP contribution is 2.42. The van der Waals surface area contributed by atoms with E-state index in [9.17, 15) is 9.59 Å². The van der Waals surface area contributed by atoms with E-state index in [0.717, 1.165) is 44.7 Å². The molecule has 3 aliphatic rings. The third-order valence-corrected chi connectivity index (χ3v) is 6.10. The number of furan rings is 1. The lowest BCUT2D eigenvalue weighted by molar-refractivity contribution is -0.149. The standard InChI is InChI=1S/C19H26N2O3/c1-14-16(5-12-24-14)17(22)20-10-7-19(8-11-20)6-2-9-21(18(19)23)13-15-3-4-15/h5,12,15H,2-4,6-11,13H2,1H3. The van der Waals surface area contributed by atoms with Crippen molar-refractivity contribution in [3.8, 4) is 0 Å². The van der Waals surface area contributed by atoms with Gasteiger partial charge in [0.05, 0.1) is 17.2 Å². The van der Waals surface area contributed by atoms with Crippen LogP contribution < -0.4 is 0 Å². The molecule has 2 saturated heterocycles. The van der Waals surface area contributed by atoms with Crippen molar-refractivity contribution < 1.29 is 14.0 Å². The van der Waals surface area contributed by atoms with Gasteiger partial charge in [-0.2, -0.15) is 0 Å². The van der Waals surface area contributed by atoms with Gasteiger partial charge < -0.3 is 14.2 Å². The number of likely N-dealkylation sites (tertiary alicyclic amines) is 2. The van der Waals surface area contributed by atoms with E-state index >= 15 is 0 Å². The molecule has 24 heavy (non-hydrogen) atoms. The quantitative estimate of drug-likeness (QED) is 0.856. The Morgan fingerprint density at radius 3 is 2.62 bits per heavy atom. The van der Waals surface area contributed by atoms with Crippen LogP contribution in [0.5, 0.6) is 0 Å². The Morgan fingerprint density at radius 1 is 1.25 bits per heavy atom. The molecule has 1 saturated carbocycles. The average molecular weight is 330 g/mol. The third-order valence-electron chi connectivity index (χ3n) is 6.10. The largest absolute Gasteiger partial charge is 0.469 e. The summed E-state index contributed by atoms with van der Waals surface area (Å²) in [5, 5.41) is 0. The van der Waals surface area contributed by atoms with Crippen LogP contribution >= 0.6 is 0 Å². The first-order chi connectivity index (χ1) is 11.6. The molecule has 0 bridgehead atoms. The van der Waals surface area contributed by atoms with E-state index in [1.54, 1.807) is 12.3 Å². The molecule has 1 spiro atoms. The highest BCUT2D eigenvalue weighted by molar-refractivity contribution is 5.95. The second kappa shape index (κ2) is 5.94. The predicted molar refractivity (Wildman–Crippen MR) is 89.6 cm³/mol. The van der Waals surface area contributed by atoms with Crippen LogP contribution in [-0.2, 0) is 4.79 Å². The van der Waals surface area contributed by atoms with E-state index in [1.165, 1.54) is 12.8 Å². The molecule has 130 valence electrons. The number of carbonyl (C=O) groups excluding carboxylic acids is 2. The van der Waals surface area contributed by atoms with Gasteiger partial charge in [-0.05, 0) is 57.4 Å². The van der Waals surface area contributed by atoms with Crippen LogP contribution in [0.3, 0.4) is 0 Å². The molecule has 2 aliphatic heterocycles. The summed E-state index contributed by atoms with van der Waals surface area (Å²) >= 11 is 0. The summed E-state index contributed by atoms with van der Waals surface area (Å²) in [6.45, 7) is 5.05. The average Bonchev–Trinajstić information content (AvgIpc) is 3.30. The lowest BCUT2D eigenvalue weighted by atomic mass is 9.71. The number of nitrogens with zero attached hydrogens (tertiary/aromatic N) is 2. The summed E-state index contributed by atoms with van der Waals surface area (Å²) in [7, 11) is 0. The SMILES string of the molecule is Cc1occc1C(=O)N1CCC2(CCCN(CC3CC3)C2=O)CC1. The van der Waals surface area contributed by atoms with Gasteiger partial charge in [-0.1, -0.05) is 0 Å². The minimum Gasteiger partial charge on any atom is -0.469 e. The van der Waals surface area contributed by atoms with E-state index in [-0.39, 0.29) is 11.3 Å². The second-order valence-corrected chi connectivity index (χ2v) is 7.76. The van der Waals surface area contributed by atoms with E-state index in [2.05, 4.69) is 4.90 Å². The molecule has 1 aromatic heterocycles. The Hall–Kier alpha value is -1.78. The molecule has 1 aromatic rings. The van der Waals surface area contributed by atoms with Crippen LogP contribution in [0, 0.1) is 18.3 Å². The van der Waals surface area contributed by atoms with Gasteiger partial charge in [-0.15, -0.1) is 0 Å². The minimum absolute atomic E-state index is 0.0363. The van der Waals surface area contributed by atoms with Gasteiger partial charge in [0.25, 0.3) is 5.91 Å². The highest BCUT2D eigenvalue weighted by atomic mass is 16.3. The zero-order chi connectivity index (χ0) is 16.7. The Kier molecular flexibility index (Phi) is 3.89. The van der Waals surface area contributed by atoms with Gasteiger partial charge in [0.15, 0.2) is 0 Å². The molecule has 3 fully saturated rings. The number of rotatable bonds is 3. The maximum absolute atomic E-state index is 13.0. The minimum atomic E-state index is -0.213. The van der Waals surface area contributed by atoms with Crippen LogP contribution in [0.1, 0.15) is 54.6 Å². The van der Waals surface area contributed by atoms with Crippen molar-refractivity contribution in [3.05, 3.63) is 23.7 Å². The molecule has 0 N–H and O–H groups in total. The fraction of sp³-hybridized carbons (Fsp3) is 0.684. The maximum atomic E-state index is 13.0. The van der Waals surface area contributed by atoms with Crippen molar-refractivity contribution in [2.24, 2.45) is 11.3 Å². The molecule has 0 unspecified atom stereocenters. The molecular weight excluding hydrogens is 304 g/mol. The van der Waals surface area contributed by atoms with Crippen molar-refractivity contribution in [2.75, 3.05) is 26.2 Å². The summed E-state index contributed by atoms with van der Waals surface area (Å²) in [6.07, 6.45) is 7.82. The van der Waals surface area contributed by atoms with E-state index in [1.807, 2.05) is 11.8 Å². The van der Waals surface area contributed by atoms with Gasteiger partial charge in [-0.3, -0.25) is 9.59 Å². The predicted octanol–water partition coefficient (Wildman–Crippen LogP) is 2.84. The van der Waals surface area contributed by atoms with Gasteiger partial charge >= 0.3 is 0 Å². The summed E-state index contributed by atoms with van der Waals surface area (Å²) in [5.41, 5.74) is 0.436. The monoisotopic (exact) mass is 330 g/mol. The molecule has 4 rings (SSSR count). The molecular formula is C19H26N2O3. The van der Waals surface area contributed by atoms with Crippen molar-refractivity contribution >= 4 is 11.8 Å². The third kappa shape index (κ3) is 2.74. The Labute approximate surface area is 143 Å². The Balaban J connectivity index is 1.42. The number of aryl methyl sites for hydroxylation is 1. The number of hydrogen-bond donors (Lipinski definition) is 0. The smallest absolute Gasteiger partial charge is 0.257 e. The van der Waals surface area contributed by atoms with Gasteiger partial charge in [0, 0.05) is 26.2 Å². The number of hydrogen-bond acceptors (Lipinski definition) is 3. The van der Waals surface area contributed by atoms with Gasteiger partial charge in [0.2, 0.25) is 5.91 Å². The second-order valence-electron chi connectivity index (χ2n) is 7.76. The molecule has 1 aliphatic carbocycles. The first-order valence-corrected chi connectivity index (χ1v) is 9.22. The summed E-state index contributed by atoms with van der Waals surface area (Å²) < 4.78 is 5.25. The fourth-order valence-corrected chi connectivity index (χ4v) is 4.32. The fourth-order valence-electron chi connectivity index (χ4n) is 4.32. The van der Waals surface area contributed by atoms with Crippen LogP contribution in [0.15, 0.2) is 16.7 Å². The van der Waals surface area contributed by atoms with Crippen molar-refractivity contribution in [1.82, 2.24) is 9.80 Å². The summed E-state index contributed by atoms with van der Waals surface area (Å²) in [4.78, 5) is 29.7. The number of amides is 2. The zero-order valence-corrected chi connectivity index (χ0v) is 14.4. The Bertz CT molecular complexity index is 639. The van der Waals surface area contributed by atoms with Crippen LogP contribution in [-0.4, -0.2) is 47.8 Å². The first-order valence-electron chi connectivity index (χ1n) is 9.22. The normalized spacial score (nSPS) is 23.8. The van der Waals surface area contributed by atoms with E-state index in [4.69, 9.17) is 4.42 Å². The molecule has 0 aromatic carbocycles. The highest BCUT2D eigenvalue weighted by Gasteiger charge is 2.47. The summed E-state index contributed by atoms with van der Waals surface area (Å²) in [6, 6.07) is 1.74. The van der Waals surface area contributed by atoms with Crippen molar-refractivity contribution in [2.45, 2.75) is 45.4 Å². The van der Waals surface area contributed by atoms with E-state index in [0.29, 0.717) is 30.3 Å². The number of carbonyl (C=O) groups is 2. The van der Waals surface area contributed by atoms with Crippen LogP contribution in [0.25, 0.3) is 0 Å². The number of piperidine rings is 2. The first kappa shape index (κ1) is 15.7. The van der Waals surface area contributed by atoms with Crippen molar-refractivity contribution in [1.29, 1.82) is 0 Å². The van der Waals surface area contributed by atoms with Crippen molar-refractivity contribution in [3.63, 3.8) is 0 Å². The lowest BCUT2D eigenvalue weighted by Crippen LogP contribution is -2.54. The zero-order valence-electron chi connectivity index (χ0n) is 14.4. The Morgan fingerprint density at radius 2 is 2.00 bits per heavy atom. The lowest BCUT2D eigenvalue weighted by Gasteiger charge is -2.46. The van der Waals surface area contributed by atoms with Crippen LogP contribution in [0.2, 0.25) is 0 Å². The molecule has 2 amide bonds. The topological polar surface area (TPSA) is 53.8 Å². The van der Waals surface area contributed by atoms with Crippen LogP contribution in [0.4, 0.5) is 0 Å². The molecule has 3 heterocycles. The maximum Gasteiger partial charge on any atom is 0.257 e. The van der Waals surface area contributed by atoms with E-state index < -0.39 is 0 Å². The molecule has 5 nitrogen and oxygen atoms in total. The van der Waals surface area contributed by atoms with Gasteiger partial charge in [-0.25, -0.2) is 0 Å².